The molecule has 1 atom stereocenters. The summed E-state index contributed by atoms with van der Waals surface area (Å²) >= 11 is 0. The van der Waals surface area contributed by atoms with Crippen molar-refractivity contribution in [3.8, 4) is 11.5 Å². The molecule has 4 heteroatoms. The van der Waals surface area contributed by atoms with E-state index in [1.807, 2.05) is 23.1 Å². The van der Waals surface area contributed by atoms with Crippen LogP contribution in [0.25, 0.3) is 0 Å². The molecule has 0 aliphatic carbocycles. The van der Waals surface area contributed by atoms with E-state index in [0.717, 1.165) is 55.7 Å². The molecule has 4 nitrogen and oxygen atoms in total. The lowest BCUT2D eigenvalue weighted by Crippen LogP contribution is -2.30. The Labute approximate surface area is 133 Å². The fraction of sp³-hybridized carbons (Fsp3) is 0.611. The number of hydrogen-bond donors (Lipinski definition) is 0. The Morgan fingerprint density at radius 2 is 2.09 bits per heavy atom. The molecule has 0 spiro atoms. The van der Waals surface area contributed by atoms with E-state index in [1.54, 1.807) is 14.2 Å². The second-order valence-electron chi connectivity index (χ2n) is 5.81. The topological polar surface area (TPSA) is 38.8 Å². The van der Waals surface area contributed by atoms with Crippen molar-refractivity contribution in [2.75, 3.05) is 20.8 Å². The third kappa shape index (κ3) is 3.73. The molecule has 1 aromatic rings. The lowest BCUT2D eigenvalue weighted by molar-refractivity contribution is -0.132. The van der Waals surface area contributed by atoms with Crippen molar-refractivity contribution in [1.29, 1.82) is 0 Å². The molecular weight excluding hydrogens is 278 g/mol. The van der Waals surface area contributed by atoms with E-state index >= 15 is 0 Å². The monoisotopic (exact) mass is 305 g/mol. The van der Waals surface area contributed by atoms with Crippen LogP contribution in [0.15, 0.2) is 18.2 Å². The Balaban J connectivity index is 2.17. The van der Waals surface area contributed by atoms with Crippen molar-refractivity contribution in [2.45, 2.75) is 51.5 Å². The number of likely N-dealkylation sites (tertiary alicyclic amines) is 1. The molecule has 1 saturated heterocycles. The second kappa shape index (κ2) is 8.06. The van der Waals surface area contributed by atoms with Gasteiger partial charge in [0.2, 0.25) is 5.91 Å². The number of hydrogen-bond acceptors (Lipinski definition) is 3. The molecule has 1 heterocycles. The van der Waals surface area contributed by atoms with Gasteiger partial charge >= 0.3 is 0 Å². The van der Waals surface area contributed by atoms with Crippen LogP contribution in [-0.2, 0) is 4.79 Å². The summed E-state index contributed by atoms with van der Waals surface area (Å²) in [5, 5.41) is 0. The lowest BCUT2D eigenvalue weighted by atomic mass is 10.0. The first-order valence-electron chi connectivity index (χ1n) is 8.22. The normalized spacial score (nSPS) is 17.6. The highest BCUT2D eigenvalue weighted by molar-refractivity contribution is 5.77. The van der Waals surface area contributed by atoms with Gasteiger partial charge in [-0.3, -0.25) is 4.79 Å². The van der Waals surface area contributed by atoms with Crippen molar-refractivity contribution in [1.82, 2.24) is 4.90 Å². The van der Waals surface area contributed by atoms with Gasteiger partial charge in [-0.05, 0) is 37.5 Å². The molecule has 122 valence electrons. The van der Waals surface area contributed by atoms with E-state index in [-0.39, 0.29) is 11.9 Å². The maximum absolute atomic E-state index is 12.5. The van der Waals surface area contributed by atoms with E-state index < -0.39 is 0 Å². The first-order valence-corrected chi connectivity index (χ1v) is 8.22. The Bertz CT molecular complexity index is 501. The molecule has 1 aliphatic rings. The quantitative estimate of drug-likeness (QED) is 0.716. The van der Waals surface area contributed by atoms with Crippen LogP contribution in [0.2, 0.25) is 0 Å². The summed E-state index contributed by atoms with van der Waals surface area (Å²) in [6, 6.07) is 5.93. The van der Waals surface area contributed by atoms with Gasteiger partial charge in [0, 0.05) is 18.5 Å². The summed E-state index contributed by atoms with van der Waals surface area (Å²) < 4.78 is 10.8. The highest BCUT2D eigenvalue weighted by Gasteiger charge is 2.31. The van der Waals surface area contributed by atoms with Crippen LogP contribution in [0, 0.1) is 0 Å². The van der Waals surface area contributed by atoms with Gasteiger partial charge in [-0.15, -0.1) is 0 Å². The van der Waals surface area contributed by atoms with Crippen LogP contribution in [0.3, 0.4) is 0 Å². The van der Waals surface area contributed by atoms with E-state index in [4.69, 9.17) is 9.47 Å². The van der Waals surface area contributed by atoms with E-state index in [9.17, 15) is 4.79 Å². The predicted octanol–water partition coefficient (Wildman–Crippen LogP) is 3.95. The lowest BCUT2D eigenvalue weighted by Gasteiger charge is -2.26. The molecule has 0 N–H and O–H groups in total. The number of carbonyl (C=O) groups excluding carboxylic acids is 1. The summed E-state index contributed by atoms with van der Waals surface area (Å²) in [5.41, 5.74) is 1.06. The van der Waals surface area contributed by atoms with Gasteiger partial charge in [0.1, 0.15) is 11.5 Å². The SMILES string of the molecule is CCCCCC(=O)N1CCCC1c1cc(OC)ccc1OC. The number of amides is 1. The number of benzene rings is 1. The number of nitrogens with zero attached hydrogens (tertiary/aromatic N) is 1. The van der Waals surface area contributed by atoms with Crippen LogP contribution in [0.1, 0.15) is 57.1 Å². The number of unbranched alkanes of at least 4 members (excludes halogenated alkanes) is 2. The van der Waals surface area contributed by atoms with Crippen LogP contribution in [0.4, 0.5) is 0 Å². The van der Waals surface area contributed by atoms with E-state index in [1.165, 1.54) is 0 Å². The largest absolute Gasteiger partial charge is 0.497 e. The summed E-state index contributed by atoms with van der Waals surface area (Å²) in [7, 11) is 3.33. The molecule has 1 unspecified atom stereocenters. The highest BCUT2D eigenvalue weighted by Crippen LogP contribution is 2.39. The Morgan fingerprint density at radius 1 is 1.27 bits per heavy atom. The van der Waals surface area contributed by atoms with Crippen molar-refractivity contribution in [2.24, 2.45) is 0 Å². The van der Waals surface area contributed by atoms with Crippen molar-refractivity contribution >= 4 is 5.91 Å². The highest BCUT2D eigenvalue weighted by atomic mass is 16.5. The van der Waals surface area contributed by atoms with Crippen molar-refractivity contribution in [3.05, 3.63) is 23.8 Å². The molecule has 0 radical (unpaired) electrons. The van der Waals surface area contributed by atoms with Gasteiger partial charge in [0.25, 0.3) is 0 Å². The third-order valence-electron chi connectivity index (χ3n) is 4.36. The van der Waals surface area contributed by atoms with Gasteiger partial charge in [-0.2, -0.15) is 0 Å². The number of methoxy groups -OCH3 is 2. The average molecular weight is 305 g/mol. The number of carbonyl (C=O) groups is 1. The second-order valence-corrected chi connectivity index (χ2v) is 5.81. The molecule has 2 rings (SSSR count). The Morgan fingerprint density at radius 3 is 2.77 bits per heavy atom. The molecule has 0 bridgehead atoms. The first-order chi connectivity index (χ1) is 10.7. The fourth-order valence-electron chi connectivity index (χ4n) is 3.16. The smallest absolute Gasteiger partial charge is 0.223 e. The third-order valence-corrected chi connectivity index (χ3v) is 4.36. The van der Waals surface area contributed by atoms with E-state index in [2.05, 4.69) is 6.92 Å². The minimum absolute atomic E-state index is 0.110. The molecule has 1 fully saturated rings. The Kier molecular flexibility index (Phi) is 6.10. The Hall–Kier alpha value is -1.71. The maximum Gasteiger partial charge on any atom is 0.223 e. The fourth-order valence-corrected chi connectivity index (χ4v) is 3.16. The van der Waals surface area contributed by atoms with Crippen molar-refractivity contribution < 1.29 is 14.3 Å². The average Bonchev–Trinajstić information content (AvgIpc) is 3.03. The summed E-state index contributed by atoms with van der Waals surface area (Å²) in [5.74, 6) is 1.90. The molecule has 22 heavy (non-hydrogen) atoms. The van der Waals surface area contributed by atoms with Crippen LogP contribution >= 0.6 is 0 Å². The van der Waals surface area contributed by atoms with Gasteiger partial charge in [-0.1, -0.05) is 19.8 Å². The molecule has 1 amide bonds. The van der Waals surface area contributed by atoms with Gasteiger partial charge in [-0.25, -0.2) is 0 Å². The maximum atomic E-state index is 12.5. The van der Waals surface area contributed by atoms with Gasteiger partial charge in [0.05, 0.1) is 20.3 Å². The summed E-state index contributed by atoms with van der Waals surface area (Å²) in [6.07, 6.45) is 5.92. The summed E-state index contributed by atoms with van der Waals surface area (Å²) in [4.78, 5) is 14.5. The standard InChI is InChI=1S/C18H27NO3/c1-4-5-6-9-18(20)19-12-7-8-16(19)15-13-14(21-2)10-11-17(15)22-3/h10-11,13,16H,4-9,12H2,1-3H3. The predicted molar refractivity (Wildman–Crippen MR) is 87.4 cm³/mol. The van der Waals surface area contributed by atoms with E-state index in [0.29, 0.717) is 6.42 Å². The van der Waals surface area contributed by atoms with Gasteiger partial charge in [0.15, 0.2) is 0 Å². The summed E-state index contributed by atoms with van der Waals surface area (Å²) in [6.45, 7) is 3.00. The molecule has 1 aliphatic heterocycles. The molecule has 0 saturated carbocycles. The van der Waals surface area contributed by atoms with Crippen LogP contribution in [0.5, 0.6) is 11.5 Å². The number of rotatable bonds is 7. The minimum Gasteiger partial charge on any atom is -0.497 e. The zero-order valence-electron chi connectivity index (χ0n) is 13.9. The minimum atomic E-state index is 0.110. The molecule has 1 aromatic carbocycles. The zero-order chi connectivity index (χ0) is 15.9. The number of ether oxygens (including phenoxy) is 2. The molecule has 0 aromatic heterocycles. The van der Waals surface area contributed by atoms with Crippen molar-refractivity contribution in [3.63, 3.8) is 0 Å². The first kappa shape index (κ1) is 16.7. The molecular formula is C18H27NO3. The van der Waals surface area contributed by atoms with Crippen LogP contribution in [-0.4, -0.2) is 31.6 Å². The zero-order valence-corrected chi connectivity index (χ0v) is 13.9. The van der Waals surface area contributed by atoms with Gasteiger partial charge < -0.3 is 14.4 Å². The van der Waals surface area contributed by atoms with Crippen LogP contribution < -0.4 is 9.47 Å².